The number of likely N-dealkylation sites (tertiary alicyclic amines) is 1. The summed E-state index contributed by atoms with van der Waals surface area (Å²) in [7, 11) is 0. The molecule has 7 nitrogen and oxygen atoms in total. The van der Waals surface area contributed by atoms with Crippen molar-refractivity contribution in [1.29, 1.82) is 0 Å². The van der Waals surface area contributed by atoms with Gasteiger partial charge < -0.3 is 14.6 Å². The minimum Gasteiger partial charge on any atom is -0.456 e. The maximum Gasteiger partial charge on any atom is 0.416 e. The summed E-state index contributed by atoms with van der Waals surface area (Å²) in [6, 6.07) is 24.2. The highest BCUT2D eigenvalue weighted by Crippen LogP contribution is 2.22. The number of β-amino-alcohol motifs (C(OH)–C–C–N with tert-alkyl or cyclic N) is 1. The van der Waals surface area contributed by atoms with Crippen molar-refractivity contribution in [2.75, 3.05) is 13.2 Å². The number of aliphatic hydroxyl groups is 1. The first-order valence-electron chi connectivity index (χ1n) is 10.6. The minimum atomic E-state index is -1.02. The van der Waals surface area contributed by atoms with Gasteiger partial charge >= 0.3 is 12.1 Å². The molecule has 0 aromatic heterocycles. The lowest BCUT2D eigenvalue weighted by atomic mass is 10.0. The Hall–Kier alpha value is -3.97. The zero-order valence-electron chi connectivity index (χ0n) is 17.8. The van der Waals surface area contributed by atoms with Crippen LogP contribution in [0.5, 0.6) is 5.75 Å². The van der Waals surface area contributed by atoms with Crippen LogP contribution in [0, 0.1) is 0 Å². The molecule has 1 heterocycles. The predicted octanol–water partition coefficient (Wildman–Crippen LogP) is 3.71. The molecule has 3 aromatic rings. The Bertz CT molecular complexity index is 1110. The zero-order chi connectivity index (χ0) is 23.2. The first-order valence-corrected chi connectivity index (χ1v) is 10.6. The number of ketones is 1. The van der Waals surface area contributed by atoms with Crippen LogP contribution in [-0.4, -0.2) is 53.1 Å². The summed E-state index contributed by atoms with van der Waals surface area (Å²) >= 11 is 0. The van der Waals surface area contributed by atoms with E-state index in [1.807, 2.05) is 42.5 Å². The molecule has 0 unspecified atom stereocenters. The highest BCUT2D eigenvalue weighted by Gasteiger charge is 2.41. The van der Waals surface area contributed by atoms with Crippen LogP contribution in [0.1, 0.15) is 16.8 Å². The van der Waals surface area contributed by atoms with Crippen molar-refractivity contribution in [3.05, 3.63) is 90.5 Å². The highest BCUT2D eigenvalue weighted by atomic mass is 16.6. The fraction of sp³-hybridized carbons (Fsp3) is 0.192. The first-order chi connectivity index (χ1) is 16.0. The van der Waals surface area contributed by atoms with E-state index in [4.69, 9.17) is 9.47 Å². The quantitative estimate of drug-likeness (QED) is 0.459. The molecule has 168 valence electrons. The Labute approximate surface area is 191 Å². The molecule has 7 heteroatoms. The zero-order valence-corrected chi connectivity index (χ0v) is 17.8. The Balaban J connectivity index is 1.35. The number of hydrogen-bond acceptors (Lipinski definition) is 6. The van der Waals surface area contributed by atoms with Crippen LogP contribution in [0.15, 0.2) is 84.9 Å². The van der Waals surface area contributed by atoms with Crippen molar-refractivity contribution < 1.29 is 29.0 Å². The van der Waals surface area contributed by atoms with Crippen molar-refractivity contribution in [3.63, 3.8) is 0 Å². The van der Waals surface area contributed by atoms with E-state index in [-0.39, 0.29) is 18.7 Å². The molecule has 0 bridgehead atoms. The maximum atomic E-state index is 12.6. The second-order valence-corrected chi connectivity index (χ2v) is 7.71. The molecule has 2 atom stereocenters. The van der Waals surface area contributed by atoms with Gasteiger partial charge in [-0.15, -0.1) is 0 Å². The topological polar surface area (TPSA) is 93.1 Å². The maximum absolute atomic E-state index is 12.6. The van der Waals surface area contributed by atoms with Crippen LogP contribution < -0.4 is 4.74 Å². The number of carbonyl (C=O) groups excluding carboxylic acids is 3. The molecule has 1 N–H and O–H groups in total. The number of rotatable bonds is 6. The largest absolute Gasteiger partial charge is 0.456 e. The van der Waals surface area contributed by atoms with Gasteiger partial charge in [0.1, 0.15) is 11.8 Å². The number of aliphatic hydroxyl groups excluding tert-OH is 1. The SMILES string of the molecule is O=C(COC(=O)[C@@H]1C[C@H](O)CN1C(=O)Oc1ccccc1)c1ccc(-c2ccccc2)cc1. The summed E-state index contributed by atoms with van der Waals surface area (Å²) in [4.78, 5) is 38.7. The molecule has 0 radical (unpaired) electrons. The number of amides is 1. The fourth-order valence-electron chi connectivity index (χ4n) is 3.68. The monoisotopic (exact) mass is 445 g/mol. The highest BCUT2D eigenvalue weighted by molar-refractivity contribution is 5.98. The van der Waals surface area contributed by atoms with Gasteiger partial charge in [-0.1, -0.05) is 72.8 Å². The first kappa shape index (κ1) is 22.2. The van der Waals surface area contributed by atoms with Crippen LogP contribution in [0.2, 0.25) is 0 Å². The van der Waals surface area contributed by atoms with E-state index in [9.17, 15) is 19.5 Å². The van der Waals surface area contributed by atoms with Gasteiger partial charge in [0.25, 0.3) is 0 Å². The molecular formula is C26H23NO6. The number of carbonyl (C=O) groups is 3. The van der Waals surface area contributed by atoms with Gasteiger partial charge in [0, 0.05) is 12.0 Å². The van der Waals surface area contributed by atoms with Crippen molar-refractivity contribution >= 4 is 17.8 Å². The predicted molar refractivity (Wildman–Crippen MR) is 121 cm³/mol. The van der Waals surface area contributed by atoms with Gasteiger partial charge in [0.2, 0.25) is 0 Å². The summed E-state index contributed by atoms with van der Waals surface area (Å²) < 4.78 is 10.5. The lowest BCUT2D eigenvalue weighted by Crippen LogP contribution is -2.43. The fourth-order valence-corrected chi connectivity index (χ4v) is 3.68. The molecule has 33 heavy (non-hydrogen) atoms. The van der Waals surface area contributed by atoms with E-state index in [1.165, 1.54) is 0 Å². The third-order valence-electron chi connectivity index (χ3n) is 5.39. The Kier molecular flexibility index (Phi) is 6.80. The molecule has 1 fully saturated rings. The average Bonchev–Trinajstić information content (AvgIpc) is 3.25. The van der Waals surface area contributed by atoms with Crippen LogP contribution in [-0.2, 0) is 9.53 Å². The van der Waals surface area contributed by atoms with Gasteiger partial charge in [0.15, 0.2) is 12.4 Å². The van der Waals surface area contributed by atoms with Gasteiger partial charge in [0.05, 0.1) is 12.6 Å². The standard InChI is InChI=1S/C26H23NO6/c28-21-15-23(27(16-21)26(31)33-22-9-5-2-6-10-22)25(30)32-17-24(29)20-13-11-19(12-14-20)18-7-3-1-4-8-18/h1-14,21,23,28H,15-17H2/t21-,23-/m0/s1. The number of ether oxygens (including phenoxy) is 2. The van der Waals surface area contributed by atoms with E-state index in [0.29, 0.717) is 11.3 Å². The van der Waals surface area contributed by atoms with Gasteiger partial charge in [-0.3, -0.25) is 9.69 Å². The molecule has 1 saturated heterocycles. The molecule has 1 aliphatic heterocycles. The van der Waals surface area contributed by atoms with E-state index < -0.39 is 30.8 Å². The molecule has 4 rings (SSSR count). The van der Waals surface area contributed by atoms with Crippen molar-refractivity contribution in [1.82, 2.24) is 4.90 Å². The van der Waals surface area contributed by atoms with Crippen LogP contribution in [0.3, 0.4) is 0 Å². The second kappa shape index (κ2) is 10.1. The van der Waals surface area contributed by atoms with E-state index in [2.05, 4.69) is 0 Å². The number of para-hydroxylation sites is 1. The third-order valence-corrected chi connectivity index (χ3v) is 5.39. The van der Waals surface area contributed by atoms with Crippen LogP contribution >= 0.6 is 0 Å². The second-order valence-electron chi connectivity index (χ2n) is 7.71. The number of Topliss-reactive ketones (excluding diaryl/α,β-unsaturated/α-hetero) is 1. The average molecular weight is 445 g/mol. The van der Waals surface area contributed by atoms with E-state index >= 15 is 0 Å². The summed E-state index contributed by atoms with van der Waals surface area (Å²) in [5.74, 6) is -0.795. The Morgan fingerprint density at radius 1 is 0.848 bits per heavy atom. The summed E-state index contributed by atoms with van der Waals surface area (Å²) in [5, 5.41) is 9.99. The number of hydrogen-bond donors (Lipinski definition) is 1. The van der Waals surface area contributed by atoms with E-state index in [0.717, 1.165) is 16.0 Å². The summed E-state index contributed by atoms with van der Waals surface area (Å²) in [5.41, 5.74) is 2.41. The summed E-state index contributed by atoms with van der Waals surface area (Å²) in [6.07, 6.45) is -1.63. The lowest BCUT2D eigenvalue weighted by Gasteiger charge is -2.22. The minimum absolute atomic E-state index is 0.0166. The number of benzene rings is 3. The van der Waals surface area contributed by atoms with Crippen LogP contribution in [0.25, 0.3) is 11.1 Å². The molecule has 1 amide bonds. The molecule has 0 spiro atoms. The summed E-state index contributed by atoms with van der Waals surface area (Å²) in [6.45, 7) is -0.516. The number of nitrogens with zero attached hydrogens (tertiary/aromatic N) is 1. The molecule has 3 aromatic carbocycles. The van der Waals surface area contributed by atoms with Gasteiger partial charge in [-0.25, -0.2) is 9.59 Å². The molecular weight excluding hydrogens is 422 g/mol. The smallest absolute Gasteiger partial charge is 0.416 e. The van der Waals surface area contributed by atoms with Crippen molar-refractivity contribution in [3.8, 4) is 16.9 Å². The van der Waals surface area contributed by atoms with Gasteiger partial charge in [-0.05, 0) is 23.3 Å². The Morgan fingerprint density at radius 3 is 2.12 bits per heavy atom. The van der Waals surface area contributed by atoms with E-state index in [1.54, 1.807) is 42.5 Å². The lowest BCUT2D eigenvalue weighted by molar-refractivity contribution is -0.147. The third kappa shape index (κ3) is 5.45. The Morgan fingerprint density at radius 2 is 1.45 bits per heavy atom. The van der Waals surface area contributed by atoms with Gasteiger partial charge in [-0.2, -0.15) is 0 Å². The number of esters is 1. The normalized spacial score (nSPS) is 17.4. The van der Waals surface area contributed by atoms with Crippen molar-refractivity contribution in [2.24, 2.45) is 0 Å². The molecule has 0 saturated carbocycles. The molecule has 1 aliphatic rings. The van der Waals surface area contributed by atoms with Crippen LogP contribution in [0.4, 0.5) is 4.79 Å². The van der Waals surface area contributed by atoms with Crippen molar-refractivity contribution in [2.45, 2.75) is 18.6 Å². The molecule has 0 aliphatic carbocycles.